The molecule has 1 saturated heterocycles. The van der Waals surface area contributed by atoms with E-state index in [4.69, 9.17) is 5.21 Å². The van der Waals surface area contributed by atoms with Gasteiger partial charge in [0.2, 0.25) is 16.0 Å². The fraction of sp³-hybridized carbons (Fsp3) is 0.292. The van der Waals surface area contributed by atoms with Crippen molar-refractivity contribution in [1.29, 1.82) is 0 Å². The third-order valence-electron chi connectivity index (χ3n) is 5.78. The first-order chi connectivity index (χ1) is 16.8. The van der Waals surface area contributed by atoms with Crippen LogP contribution in [0.15, 0.2) is 65.8 Å². The summed E-state index contributed by atoms with van der Waals surface area (Å²) in [6.07, 6.45) is 2.63. The van der Waals surface area contributed by atoms with Crippen LogP contribution in [-0.2, 0) is 16.6 Å². The van der Waals surface area contributed by atoms with Gasteiger partial charge in [-0.05, 0) is 42.9 Å². The predicted molar refractivity (Wildman–Crippen MR) is 132 cm³/mol. The monoisotopic (exact) mass is 496 g/mol. The molecule has 2 N–H and O–H groups in total. The van der Waals surface area contributed by atoms with Crippen LogP contribution < -0.4 is 10.4 Å². The van der Waals surface area contributed by atoms with E-state index < -0.39 is 15.9 Å². The van der Waals surface area contributed by atoms with Crippen molar-refractivity contribution in [2.24, 2.45) is 0 Å². The second kappa shape index (κ2) is 10.5. The Hall–Kier alpha value is -3.38. The molecule has 1 fully saturated rings. The van der Waals surface area contributed by atoms with Gasteiger partial charge >= 0.3 is 0 Å². The van der Waals surface area contributed by atoms with Crippen molar-refractivity contribution in [1.82, 2.24) is 24.7 Å². The van der Waals surface area contributed by atoms with Gasteiger partial charge in [0.25, 0.3) is 5.91 Å². The number of carbonyl (C=O) groups excluding carboxylic acids is 1. The third kappa shape index (κ3) is 5.65. The van der Waals surface area contributed by atoms with Gasteiger partial charge in [0.05, 0.1) is 10.5 Å². The highest BCUT2D eigenvalue weighted by molar-refractivity contribution is 7.89. The Kier molecular flexibility index (Phi) is 7.41. The minimum Gasteiger partial charge on any atom is -0.338 e. The Morgan fingerprint density at radius 2 is 1.66 bits per heavy atom. The summed E-state index contributed by atoms with van der Waals surface area (Å²) in [4.78, 5) is 24.0. The summed E-state index contributed by atoms with van der Waals surface area (Å²) in [7, 11) is 0.370. The smallest absolute Gasteiger partial charge is 0.277 e. The fourth-order valence-corrected chi connectivity index (χ4v) is 5.42. The molecule has 3 aromatic rings. The number of hydroxylamine groups is 1. The molecule has 2 heterocycles. The van der Waals surface area contributed by atoms with E-state index in [1.807, 2.05) is 37.2 Å². The number of piperazine rings is 1. The van der Waals surface area contributed by atoms with Crippen LogP contribution in [0.5, 0.6) is 0 Å². The number of nitrogens with one attached hydrogen (secondary N) is 1. The van der Waals surface area contributed by atoms with Gasteiger partial charge in [-0.1, -0.05) is 36.4 Å². The number of anilines is 1. The van der Waals surface area contributed by atoms with E-state index in [1.165, 1.54) is 27.7 Å². The molecular formula is C24H28N6O4S. The SMILES string of the molecule is CN(C)Cc1ccc(-c2cccc(S(=O)(=O)N3CCN(c4ncc(C(=O)NO)cn4)CC3)c2)cc1. The van der Waals surface area contributed by atoms with Gasteiger partial charge < -0.3 is 9.80 Å². The second-order valence-electron chi connectivity index (χ2n) is 8.57. The van der Waals surface area contributed by atoms with Gasteiger partial charge in [-0.25, -0.2) is 23.9 Å². The average molecular weight is 497 g/mol. The van der Waals surface area contributed by atoms with Gasteiger partial charge in [-0.2, -0.15) is 4.31 Å². The number of amides is 1. The molecule has 0 saturated carbocycles. The average Bonchev–Trinajstić information content (AvgIpc) is 2.88. The van der Waals surface area contributed by atoms with E-state index in [-0.39, 0.29) is 23.5 Å². The molecule has 35 heavy (non-hydrogen) atoms. The summed E-state index contributed by atoms with van der Waals surface area (Å²) < 4.78 is 28.2. The molecule has 2 aromatic carbocycles. The highest BCUT2D eigenvalue weighted by atomic mass is 32.2. The Morgan fingerprint density at radius 1 is 1.00 bits per heavy atom. The zero-order valence-corrected chi connectivity index (χ0v) is 20.4. The Balaban J connectivity index is 1.44. The van der Waals surface area contributed by atoms with Crippen molar-refractivity contribution in [3.63, 3.8) is 0 Å². The number of nitrogens with zero attached hydrogens (tertiary/aromatic N) is 5. The molecular weight excluding hydrogens is 468 g/mol. The van der Waals surface area contributed by atoms with Crippen molar-refractivity contribution in [3.8, 4) is 11.1 Å². The van der Waals surface area contributed by atoms with Gasteiger partial charge in [0.15, 0.2) is 0 Å². The van der Waals surface area contributed by atoms with Crippen molar-refractivity contribution in [2.45, 2.75) is 11.4 Å². The van der Waals surface area contributed by atoms with Crippen molar-refractivity contribution < 1.29 is 18.4 Å². The first kappa shape index (κ1) is 24.7. The van der Waals surface area contributed by atoms with E-state index in [0.29, 0.717) is 19.0 Å². The molecule has 184 valence electrons. The summed E-state index contributed by atoms with van der Waals surface area (Å²) in [6, 6.07) is 15.2. The molecule has 0 bridgehead atoms. The molecule has 10 nitrogen and oxygen atoms in total. The lowest BCUT2D eigenvalue weighted by Crippen LogP contribution is -2.49. The molecule has 0 atom stereocenters. The number of sulfonamides is 1. The minimum atomic E-state index is -3.67. The van der Waals surface area contributed by atoms with E-state index in [0.717, 1.165) is 17.7 Å². The molecule has 1 aliphatic heterocycles. The van der Waals surface area contributed by atoms with E-state index in [2.05, 4.69) is 27.0 Å². The first-order valence-electron chi connectivity index (χ1n) is 11.1. The third-order valence-corrected chi connectivity index (χ3v) is 7.68. The standard InChI is InChI=1S/C24H28N6O4S/c1-28(2)17-18-6-8-19(9-7-18)20-4-3-5-22(14-20)35(33,34)30-12-10-29(11-13-30)24-25-15-21(16-26-24)23(31)27-32/h3-9,14-16,32H,10-13,17H2,1-2H3,(H,27,31). The number of carbonyl (C=O) groups is 1. The predicted octanol–water partition coefficient (Wildman–Crippen LogP) is 1.84. The van der Waals surface area contributed by atoms with Crippen molar-refractivity contribution in [3.05, 3.63) is 72.1 Å². The maximum atomic E-state index is 13.3. The number of hydrogen-bond donors (Lipinski definition) is 2. The normalized spacial score (nSPS) is 14.8. The van der Waals surface area contributed by atoms with E-state index in [9.17, 15) is 13.2 Å². The van der Waals surface area contributed by atoms with Crippen LogP contribution >= 0.6 is 0 Å². The quantitative estimate of drug-likeness (QED) is 0.376. The number of benzene rings is 2. The highest BCUT2D eigenvalue weighted by Gasteiger charge is 2.29. The van der Waals surface area contributed by atoms with Crippen LogP contribution in [0.3, 0.4) is 0 Å². The van der Waals surface area contributed by atoms with Crippen LogP contribution in [0.1, 0.15) is 15.9 Å². The lowest BCUT2D eigenvalue weighted by atomic mass is 10.0. The van der Waals surface area contributed by atoms with Crippen molar-refractivity contribution in [2.75, 3.05) is 45.2 Å². The number of hydrogen-bond acceptors (Lipinski definition) is 8. The van der Waals surface area contributed by atoms with Crippen molar-refractivity contribution >= 4 is 21.9 Å². The molecule has 0 unspecified atom stereocenters. The Bertz CT molecular complexity index is 1270. The Labute approximate surface area is 204 Å². The lowest BCUT2D eigenvalue weighted by molar-refractivity contribution is 0.0705. The zero-order chi connectivity index (χ0) is 25.0. The maximum absolute atomic E-state index is 13.3. The van der Waals surface area contributed by atoms with Crippen LogP contribution in [0.25, 0.3) is 11.1 Å². The molecule has 4 rings (SSSR count). The molecule has 0 spiro atoms. The minimum absolute atomic E-state index is 0.129. The topological polar surface area (TPSA) is 119 Å². The summed E-state index contributed by atoms with van der Waals surface area (Å²) >= 11 is 0. The summed E-state index contributed by atoms with van der Waals surface area (Å²) in [5, 5.41) is 8.70. The fourth-order valence-electron chi connectivity index (χ4n) is 3.95. The molecule has 0 aliphatic carbocycles. The molecule has 0 radical (unpaired) electrons. The largest absolute Gasteiger partial charge is 0.338 e. The maximum Gasteiger partial charge on any atom is 0.277 e. The Morgan fingerprint density at radius 3 is 2.26 bits per heavy atom. The summed E-state index contributed by atoms with van der Waals surface area (Å²) in [5.74, 6) is -0.296. The second-order valence-corrected chi connectivity index (χ2v) is 10.5. The number of aromatic nitrogens is 2. The number of rotatable bonds is 7. The van der Waals surface area contributed by atoms with Crippen LogP contribution in [-0.4, -0.2) is 79.0 Å². The zero-order valence-electron chi connectivity index (χ0n) is 19.6. The van der Waals surface area contributed by atoms with E-state index in [1.54, 1.807) is 18.2 Å². The molecule has 1 amide bonds. The lowest BCUT2D eigenvalue weighted by Gasteiger charge is -2.34. The van der Waals surface area contributed by atoms with E-state index >= 15 is 0 Å². The van der Waals surface area contributed by atoms with Crippen LogP contribution in [0.2, 0.25) is 0 Å². The molecule has 11 heteroatoms. The summed E-state index contributed by atoms with van der Waals surface area (Å²) in [6.45, 7) is 2.24. The highest BCUT2D eigenvalue weighted by Crippen LogP contribution is 2.26. The molecule has 1 aliphatic rings. The molecule has 1 aromatic heterocycles. The van der Waals surface area contributed by atoms with Gasteiger partial charge in [-0.15, -0.1) is 0 Å². The first-order valence-corrected chi connectivity index (χ1v) is 12.6. The van der Waals surface area contributed by atoms with Gasteiger partial charge in [-0.3, -0.25) is 10.0 Å². The summed E-state index contributed by atoms with van der Waals surface area (Å²) in [5.41, 5.74) is 4.67. The van der Waals surface area contributed by atoms with Crippen LogP contribution in [0.4, 0.5) is 5.95 Å². The van der Waals surface area contributed by atoms with Gasteiger partial charge in [0.1, 0.15) is 0 Å². The van der Waals surface area contributed by atoms with Crippen LogP contribution in [0, 0.1) is 0 Å². The van der Waals surface area contributed by atoms with Gasteiger partial charge in [0, 0.05) is 45.1 Å².